The van der Waals surface area contributed by atoms with Crippen molar-refractivity contribution in [2.45, 2.75) is 46.5 Å². The molecular weight excluding hydrogens is 320 g/mol. The Kier molecular flexibility index (Phi) is 6.28. The second-order valence-corrected chi connectivity index (χ2v) is 6.21. The summed E-state index contributed by atoms with van der Waals surface area (Å²) in [5.41, 5.74) is 1.09. The molecule has 0 radical (unpaired) electrons. The van der Waals surface area contributed by atoms with E-state index in [9.17, 15) is 9.90 Å². The molecule has 0 bridgehead atoms. The van der Waals surface area contributed by atoms with E-state index in [2.05, 4.69) is 0 Å². The summed E-state index contributed by atoms with van der Waals surface area (Å²) in [4.78, 5) is 11.4. The molecule has 2 rings (SSSR count). The first-order valence-corrected chi connectivity index (χ1v) is 8.28. The summed E-state index contributed by atoms with van der Waals surface area (Å²) >= 11 is 0. The van der Waals surface area contributed by atoms with Crippen LogP contribution in [0.25, 0.3) is 0 Å². The van der Waals surface area contributed by atoms with Gasteiger partial charge in [-0.05, 0) is 45.4 Å². The second-order valence-electron chi connectivity index (χ2n) is 6.21. The molecule has 5 heteroatoms. The molecule has 25 heavy (non-hydrogen) atoms. The summed E-state index contributed by atoms with van der Waals surface area (Å²) in [6.45, 7) is 7.82. The fraction of sp³-hybridized carbons (Fsp3) is 0.350. The molecule has 0 aromatic heterocycles. The lowest BCUT2D eigenvalue weighted by atomic mass is 10.1. The van der Waals surface area contributed by atoms with Crippen LogP contribution in [-0.4, -0.2) is 23.3 Å². The van der Waals surface area contributed by atoms with Crippen LogP contribution in [0.5, 0.6) is 17.2 Å². The van der Waals surface area contributed by atoms with E-state index in [0.717, 1.165) is 5.56 Å². The van der Waals surface area contributed by atoms with E-state index in [1.807, 2.05) is 58.0 Å². The predicted molar refractivity (Wildman–Crippen MR) is 95.7 cm³/mol. The lowest BCUT2D eigenvalue weighted by Gasteiger charge is -2.20. The minimum Gasteiger partial charge on any atom is -0.487 e. The van der Waals surface area contributed by atoms with E-state index in [-0.39, 0.29) is 17.8 Å². The molecule has 0 heterocycles. The third-order valence-corrected chi connectivity index (χ3v) is 3.22. The summed E-state index contributed by atoms with van der Waals surface area (Å²) in [5.74, 6) is 0.0936. The van der Waals surface area contributed by atoms with Gasteiger partial charge in [-0.2, -0.15) is 0 Å². The summed E-state index contributed by atoms with van der Waals surface area (Å²) in [6, 6.07) is 12.7. The Labute approximate surface area is 148 Å². The number of aromatic carboxylic acids is 1. The van der Waals surface area contributed by atoms with E-state index in [4.69, 9.17) is 14.2 Å². The molecule has 0 unspecified atom stereocenters. The molecule has 0 atom stereocenters. The van der Waals surface area contributed by atoms with Crippen molar-refractivity contribution in [3.63, 3.8) is 0 Å². The lowest BCUT2D eigenvalue weighted by molar-refractivity contribution is 0.0694. The maximum Gasteiger partial charge on any atom is 0.335 e. The monoisotopic (exact) mass is 344 g/mol. The first kappa shape index (κ1) is 18.6. The van der Waals surface area contributed by atoms with E-state index in [1.54, 1.807) is 0 Å². The van der Waals surface area contributed by atoms with Gasteiger partial charge in [-0.1, -0.05) is 30.3 Å². The highest BCUT2D eigenvalue weighted by Gasteiger charge is 2.20. The maximum absolute atomic E-state index is 11.4. The van der Waals surface area contributed by atoms with Crippen molar-refractivity contribution >= 4 is 5.97 Å². The van der Waals surface area contributed by atoms with Crippen LogP contribution in [0.4, 0.5) is 0 Å². The van der Waals surface area contributed by atoms with Gasteiger partial charge in [0.05, 0.1) is 17.8 Å². The topological polar surface area (TPSA) is 65.0 Å². The van der Waals surface area contributed by atoms with Crippen molar-refractivity contribution in [2.24, 2.45) is 0 Å². The van der Waals surface area contributed by atoms with Gasteiger partial charge in [0.15, 0.2) is 11.5 Å². The van der Waals surface area contributed by atoms with Crippen molar-refractivity contribution < 1.29 is 24.1 Å². The molecule has 0 saturated carbocycles. The first-order chi connectivity index (χ1) is 11.9. The summed E-state index contributed by atoms with van der Waals surface area (Å²) < 4.78 is 17.5. The number of carbonyl (C=O) groups is 1. The summed E-state index contributed by atoms with van der Waals surface area (Å²) in [7, 11) is 0. The van der Waals surface area contributed by atoms with Crippen LogP contribution in [0.15, 0.2) is 42.5 Å². The third-order valence-electron chi connectivity index (χ3n) is 3.22. The summed E-state index contributed by atoms with van der Waals surface area (Å²) in [5, 5.41) is 9.35. The Bertz CT molecular complexity index is 676. The van der Waals surface area contributed by atoms with Crippen LogP contribution in [-0.2, 0) is 6.61 Å². The molecular formula is C20H24O5. The number of rotatable bonds is 8. The Hall–Kier alpha value is -2.69. The zero-order valence-electron chi connectivity index (χ0n) is 15.0. The Balaban J connectivity index is 2.42. The van der Waals surface area contributed by atoms with Gasteiger partial charge < -0.3 is 19.3 Å². The van der Waals surface area contributed by atoms with Gasteiger partial charge in [0.25, 0.3) is 0 Å². The highest BCUT2D eigenvalue weighted by atomic mass is 16.5. The quantitative estimate of drug-likeness (QED) is 0.762. The van der Waals surface area contributed by atoms with Crippen LogP contribution in [0.1, 0.15) is 43.6 Å². The maximum atomic E-state index is 11.4. The van der Waals surface area contributed by atoms with Gasteiger partial charge in [-0.15, -0.1) is 0 Å². The molecule has 134 valence electrons. The van der Waals surface area contributed by atoms with Crippen molar-refractivity contribution in [1.82, 2.24) is 0 Å². The molecule has 0 aliphatic rings. The highest BCUT2D eigenvalue weighted by Crippen LogP contribution is 2.40. The number of carboxylic acid groups (broad SMARTS) is 1. The first-order valence-electron chi connectivity index (χ1n) is 8.28. The molecule has 1 N–H and O–H groups in total. The number of hydrogen-bond acceptors (Lipinski definition) is 4. The molecule has 0 aliphatic carbocycles. The molecule has 0 amide bonds. The van der Waals surface area contributed by atoms with E-state index in [0.29, 0.717) is 23.9 Å². The van der Waals surface area contributed by atoms with Gasteiger partial charge >= 0.3 is 5.97 Å². The largest absolute Gasteiger partial charge is 0.487 e. The van der Waals surface area contributed by atoms with Gasteiger partial charge in [0, 0.05) is 0 Å². The fourth-order valence-electron chi connectivity index (χ4n) is 2.26. The van der Waals surface area contributed by atoms with Crippen LogP contribution < -0.4 is 14.2 Å². The predicted octanol–water partition coefficient (Wildman–Crippen LogP) is 4.54. The zero-order chi connectivity index (χ0) is 18.4. The van der Waals surface area contributed by atoms with Gasteiger partial charge in [0.2, 0.25) is 5.75 Å². The van der Waals surface area contributed by atoms with Crippen molar-refractivity contribution in [1.29, 1.82) is 0 Å². The molecule has 0 aliphatic heterocycles. The minimum atomic E-state index is -1.04. The van der Waals surface area contributed by atoms with E-state index < -0.39 is 5.97 Å². The summed E-state index contributed by atoms with van der Waals surface area (Å²) in [6.07, 6.45) is -0.259. The SMILES string of the molecule is CC(C)Oc1cc(C(=O)O)cc(OC(C)C)c1OCc1ccccc1. The second kappa shape index (κ2) is 8.42. The molecule has 0 saturated heterocycles. The Morgan fingerprint density at radius 3 is 1.92 bits per heavy atom. The van der Waals surface area contributed by atoms with Crippen LogP contribution in [0.3, 0.4) is 0 Å². The average molecular weight is 344 g/mol. The lowest BCUT2D eigenvalue weighted by Crippen LogP contribution is -2.12. The smallest absolute Gasteiger partial charge is 0.335 e. The number of hydrogen-bond donors (Lipinski definition) is 1. The number of ether oxygens (including phenoxy) is 3. The molecule has 0 fully saturated rings. The standard InChI is InChI=1S/C20H24O5/c1-13(2)24-17-10-16(20(21)22)11-18(25-14(3)4)19(17)23-12-15-8-6-5-7-9-15/h5-11,13-14H,12H2,1-4H3,(H,21,22). The van der Waals surface area contributed by atoms with E-state index in [1.165, 1.54) is 12.1 Å². The normalized spacial score (nSPS) is 10.8. The number of benzene rings is 2. The van der Waals surface area contributed by atoms with Crippen molar-refractivity contribution in [3.05, 3.63) is 53.6 Å². The van der Waals surface area contributed by atoms with E-state index >= 15 is 0 Å². The zero-order valence-corrected chi connectivity index (χ0v) is 15.0. The Morgan fingerprint density at radius 2 is 1.48 bits per heavy atom. The van der Waals surface area contributed by atoms with Gasteiger partial charge in [0.1, 0.15) is 6.61 Å². The molecule has 0 spiro atoms. The van der Waals surface area contributed by atoms with Crippen molar-refractivity contribution in [3.8, 4) is 17.2 Å². The van der Waals surface area contributed by atoms with Crippen LogP contribution in [0, 0.1) is 0 Å². The van der Waals surface area contributed by atoms with Gasteiger partial charge in [-0.3, -0.25) is 0 Å². The van der Waals surface area contributed by atoms with Gasteiger partial charge in [-0.25, -0.2) is 4.79 Å². The minimum absolute atomic E-state index is 0.0957. The molecule has 2 aromatic carbocycles. The highest BCUT2D eigenvalue weighted by molar-refractivity contribution is 5.89. The van der Waals surface area contributed by atoms with Crippen LogP contribution in [0.2, 0.25) is 0 Å². The van der Waals surface area contributed by atoms with Crippen molar-refractivity contribution in [2.75, 3.05) is 0 Å². The molecule has 2 aromatic rings. The third kappa shape index (κ3) is 5.41. The number of carboxylic acids is 1. The molecule has 5 nitrogen and oxygen atoms in total. The Morgan fingerprint density at radius 1 is 0.960 bits per heavy atom. The van der Waals surface area contributed by atoms with Crippen LogP contribution >= 0.6 is 0 Å². The average Bonchev–Trinajstić information content (AvgIpc) is 2.53. The fourth-order valence-corrected chi connectivity index (χ4v) is 2.26.